The molecular weight excluding hydrogens is 232 g/mol. The van der Waals surface area contributed by atoms with E-state index in [1.807, 2.05) is 0 Å². The normalized spacial score (nSPS) is 12.8. The van der Waals surface area contributed by atoms with Crippen molar-refractivity contribution in [2.75, 3.05) is 6.54 Å². The average molecular weight is 248 g/mol. The topological polar surface area (TPSA) is 12.0 Å². The average Bonchev–Trinajstić information content (AvgIpc) is 2.22. The number of rotatable bonds is 6. The van der Waals surface area contributed by atoms with Crippen LogP contribution in [0.3, 0.4) is 0 Å². The van der Waals surface area contributed by atoms with E-state index in [1.54, 1.807) is 0 Å². The zero-order valence-electron chi connectivity index (χ0n) is 9.27. The molecule has 0 fully saturated rings. The standard InChI is InChI=1S/C12H16ClF2N/c1-2-3-10(13)8-16-7-9-4-5-11(14)6-12(9)15/h4-6,10,16H,2-3,7-8H2,1H3. The molecule has 0 saturated carbocycles. The van der Waals surface area contributed by atoms with Gasteiger partial charge in [-0.15, -0.1) is 11.6 Å². The third-order valence-electron chi connectivity index (χ3n) is 2.30. The molecule has 0 amide bonds. The molecule has 1 aromatic carbocycles. The lowest BCUT2D eigenvalue weighted by Gasteiger charge is -2.10. The van der Waals surface area contributed by atoms with E-state index in [-0.39, 0.29) is 5.38 Å². The Morgan fingerprint density at radius 3 is 2.75 bits per heavy atom. The molecule has 0 aliphatic carbocycles. The molecule has 1 N–H and O–H groups in total. The van der Waals surface area contributed by atoms with Gasteiger partial charge in [0.05, 0.1) is 0 Å². The van der Waals surface area contributed by atoms with Gasteiger partial charge in [-0.05, 0) is 12.5 Å². The highest BCUT2D eigenvalue weighted by molar-refractivity contribution is 6.20. The highest BCUT2D eigenvalue weighted by Gasteiger charge is 2.05. The smallest absolute Gasteiger partial charge is 0.130 e. The maximum atomic E-state index is 13.2. The van der Waals surface area contributed by atoms with Crippen molar-refractivity contribution in [3.05, 3.63) is 35.4 Å². The van der Waals surface area contributed by atoms with Gasteiger partial charge in [0.2, 0.25) is 0 Å². The van der Waals surface area contributed by atoms with Gasteiger partial charge < -0.3 is 5.32 Å². The fourth-order valence-electron chi connectivity index (χ4n) is 1.44. The first-order chi connectivity index (χ1) is 7.63. The SMILES string of the molecule is CCCC(Cl)CNCc1ccc(F)cc1F. The van der Waals surface area contributed by atoms with Crippen molar-refractivity contribution in [1.82, 2.24) is 5.32 Å². The third-order valence-corrected chi connectivity index (χ3v) is 2.67. The molecule has 4 heteroatoms. The predicted molar refractivity (Wildman–Crippen MR) is 62.6 cm³/mol. The Kier molecular flexibility index (Phi) is 5.71. The molecule has 0 aliphatic heterocycles. The molecule has 1 unspecified atom stereocenters. The molecule has 0 saturated heterocycles. The van der Waals surface area contributed by atoms with E-state index in [0.717, 1.165) is 18.9 Å². The summed E-state index contributed by atoms with van der Waals surface area (Å²) in [7, 11) is 0. The lowest BCUT2D eigenvalue weighted by atomic mass is 10.2. The minimum absolute atomic E-state index is 0.0634. The summed E-state index contributed by atoms with van der Waals surface area (Å²) in [6.07, 6.45) is 1.96. The molecule has 0 radical (unpaired) electrons. The number of hydrogen-bond donors (Lipinski definition) is 1. The van der Waals surface area contributed by atoms with Crippen molar-refractivity contribution in [3.63, 3.8) is 0 Å². The molecular formula is C12H16ClF2N. The number of hydrogen-bond acceptors (Lipinski definition) is 1. The van der Waals surface area contributed by atoms with Crippen LogP contribution in [0.2, 0.25) is 0 Å². The van der Waals surface area contributed by atoms with Gasteiger partial charge in [-0.1, -0.05) is 19.4 Å². The molecule has 0 bridgehead atoms. The Morgan fingerprint density at radius 2 is 2.12 bits per heavy atom. The van der Waals surface area contributed by atoms with Gasteiger partial charge in [-0.3, -0.25) is 0 Å². The summed E-state index contributed by atoms with van der Waals surface area (Å²) in [5.41, 5.74) is 0.460. The molecule has 16 heavy (non-hydrogen) atoms. The van der Waals surface area contributed by atoms with E-state index in [9.17, 15) is 8.78 Å². The van der Waals surface area contributed by atoms with E-state index in [0.29, 0.717) is 18.7 Å². The first kappa shape index (κ1) is 13.4. The predicted octanol–water partition coefficient (Wildman–Crippen LogP) is 3.46. The number of halogens is 3. The maximum absolute atomic E-state index is 13.2. The van der Waals surface area contributed by atoms with Crippen LogP contribution in [0.1, 0.15) is 25.3 Å². The Bertz CT molecular complexity index is 331. The van der Waals surface area contributed by atoms with Crippen molar-refractivity contribution in [2.24, 2.45) is 0 Å². The first-order valence-corrected chi connectivity index (χ1v) is 5.85. The summed E-state index contributed by atoms with van der Waals surface area (Å²) < 4.78 is 25.8. The lowest BCUT2D eigenvalue weighted by molar-refractivity contribution is 0.555. The molecule has 0 aliphatic rings. The maximum Gasteiger partial charge on any atom is 0.130 e. The first-order valence-electron chi connectivity index (χ1n) is 5.42. The Hall–Kier alpha value is -0.670. The van der Waals surface area contributed by atoms with Gasteiger partial charge in [-0.2, -0.15) is 0 Å². The van der Waals surface area contributed by atoms with Crippen molar-refractivity contribution in [3.8, 4) is 0 Å². The summed E-state index contributed by atoms with van der Waals surface area (Å²) in [4.78, 5) is 0. The van der Waals surface area contributed by atoms with Crippen molar-refractivity contribution in [1.29, 1.82) is 0 Å². The third kappa shape index (κ3) is 4.45. The molecule has 0 spiro atoms. The van der Waals surface area contributed by atoms with E-state index >= 15 is 0 Å². The second kappa shape index (κ2) is 6.81. The molecule has 0 heterocycles. The molecule has 90 valence electrons. The highest BCUT2D eigenvalue weighted by atomic mass is 35.5. The quantitative estimate of drug-likeness (QED) is 0.759. The van der Waals surface area contributed by atoms with Crippen LogP contribution in [0.5, 0.6) is 0 Å². The minimum atomic E-state index is -0.553. The van der Waals surface area contributed by atoms with E-state index in [4.69, 9.17) is 11.6 Å². The zero-order chi connectivity index (χ0) is 12.0. The molecule has 1 nitrogen and oxygen atoms in total. The second-order valence-electron chi connectivity index (χ2n) is 3.75. The van der Waals surface area contributed by atoms with Crippen LogP contribution in [0.15, 0.2) is 18.2 Å². The van der Waals surface area contributed by atoms with Gasteiger partial charge in [0.15, 0.2) is 0 Å². The Balaban J connectivity index is 2.37. The highest BCUT2D eigenvalue weighted by Crippen LogP contribution is 2.09. The van der Waals surface area contributed by atoms with Crippen molar-refractivity contribution >= 4 is 11.6 Å². The fourth-order valence-corrected chi connectivity index (χ4v) is 1.77. The van der Waals surface area contributed by atoms with Crippen LogP contribution in [0.25, 0.3) is 0 Å². The van der Waals surface area contributed by atoms with E-state index < -0.39 is 11.6 Å². The summed E-state index contributed by atoms with van der Waals surface area (Å²) in [6.45, 7) is 3.07. The Morgan fingerprint density at radius 1 is 1.38 bits per heavy atom. The second-order valence-corrected chi connectivity index (χ2v) is 4.37. The van der Waals surface area contributed by atoms with Gasteiger partial charge in [0.25, 0.3) is 0 Å². The van der Waals surface area contributed by atoms with Gasteiger partial charge >= 0.3 is 0 Å². The molecule has 1 rings (SSSR count). The number of alkyl halides is 1. The molecule has 1 atom stereocenters. The summed E-state index contributed by atoms with van der Waals surface area (Å²) in [5.74, 6) is -1.07. The van der Waals surface area contributed by atoms with Crippen LogP contribution >= 0.6 is 11.6 Å². The van der Waals surface area contributed by atoms with E-state index in [1.165, 1.54) is 12.1 Å². The lowest BCUT2D eigenvalue weighted by Crippen LogP contribution is -2.23. The van der Waals surface area contributed by atoms with Crippen LogP contribution in [-0.2, 0) is 6.54 Å². The number of nitrogens with one attached hydrogen (secondary N) is 1. The molecule has 0 aromatic heterocycles. The fraction of sp³-hybridized carbons (Fsp3) is 0.500. The van der Waals surface area contributed by atoms with Crippen molar-refractivity contribution < 1.29 is 8.78 Å². The van der Waals surface area contributed by atoms with Gasteiger partial charge in [0.1, 0.15) is 11.6 Å². The summed E-state index contributed by atoms with van der Waals surface area (Å²) in [6, 6.07) is 3.59. The largest absolute Gasteiger partial charge is 0.311 e. The number of benzene rings is 1. The summed E-state index contributed by atoms with van der Waals surface area (Å²) >= 11 is 6.00. The minimum Gasteiger partial charge on any atom is -0.311 e. The van der Waals surface area contributed by atoms with Crippen molar-refractivity contribution in [2.45, 2.75) is 31.7 Å². The zero-order valence-corrected chi connectivity index (χ0v) is 10.0. The Labute approximate surface area is 99.8 Å². The van der Waals surface area contributed by atoms with Crippen LogP contribution in [0, 0.1) is 11.6 Å². The van der Waals surface area contributed by atoms with Crippen LogP contribution in [-0.4, -0.2) is 11.9 Å². The molecule has 1 aromatic rings. The monoisotopic (exact) mass is 247 g/mol. The van der Waals surface area contributed by atoms with E-state index in [2.05, 4.69) is 12.2 Å². The van der Waals surface area contributed by atoms with Gasteiger partial charge in [0, 0.05) is 30.1 Å². The van der Waals surface area contributed by atoms with Crippen LogP contribution < -0.4 is 5.32 Å². The van der Waals surface area contributed by atoms with Gasteiger partial charge in [-0.25, -0.2) is 8.78 Å². The summed E-state index contributed by atoms with van der Waals surface area (Å²) in [5, 5.41) is 3.12. The van der Waals surface area contributed by atoms with Crippen LogP contribution in [0.4, 0.5) is 8.78 Å².